The minimum absolute atomic E-state index is 0.303. The van der Waals surface area contributed by atoms with Gasteiger partial charge in [-0.2, -0.15) is 0 Å². The van der Waals surface area contributed by atoms with E-state index < -0.39 is 0 Å². The second-order valence-electron chi connectivity index (χ2n) is 10.7. The van der Waals surface area contributed by atoms with Gasteiger partial charge in [0.05, 0.1) is 25.0 Å². The largest absolute Gasteiger partial charge is 0.507 e. The van der Waals surface area contributed by atoms with Crippen LogP contribution >= 0.6 is 158 Å². The molecule has 5 rings (SSSR count). The number of aryl methyl sites for hydroxylation is 1. The van der Waals surface area contributed by atoms with Gasteiger partial charge in [0.1, 0.15) is 23.0 Å². The van der Waals surface area contributed by atoms with Crippen molar-refractivity contribution in [2.45, 2.75) is 43.4 Å². The van der Waals surface area contributed by atoms with Crippen LogP contribution in [0, 0.1) is 31.9 Å². The Bertz CT molecular complexity index is 1390. The molecular formula is C31H23I7O4. The fourth-order valence-corrected chi connectivity index (χ4v) is 12.2. The maximum Gasteiger partial charge on any atom is 0.142 e. The van der Waals surface area contributed by atoms with Crippen LogP contribution in [0.5, 0.6) is 23.0 Å². The maximum absolute atomic E-state index is 10.7. The van der Waals surface area contributed by atoms with Crippen molar-refractivity contribution in [3.05, 3.63) is 101 Å². The summed E-state index contributed by atoms with van der Waals surface area (Å²) in [6, 6.07) is 16.9. The summed E-state index contributed by atoms with van der Waals surface area (Å²) in [6.45, 7) is 1.95. The lowest BCUT2D eigenvalue weighted by molar-refractivity contribution is 0.255. The molecule has 0 radical (unpaired) electrons. The van der Waals surface area contributed by atoms with Gasteiger partial charge in [0.25, 0.3) is 0 Å². The predicted octanol–water partition coefficient (Wildman–Crippen LogP) is 10.9. The van der Waals surface area contributed by atoms with Crippen molar-refractivity contribution in [3.63, 3.8) is 0 Å². The van der Waals surface area contributed by atoms with Crippen LogP contribution in [0.4, 0.5) is 0 Å². The first-order valence-electron chi connectivity index (χ1n) is 12.8. The monoisotopic (exact) mass is 1350 g/mol. The highest BCUT2D eigenvalue weighted by atomic mass is 127. The second kappa shape index (κ2) is 13.4. The standard InChI is InChI=1S/C31H23I7O4/c1-14-6-15(7-19(32)26(14)39)30(16-8-20(33)27(40)21(34)9-16)2-4-31(5-3-30,17-10-22(35)28(41)23(36)11-17)18-12-24(37)29(42)25(38)13-18/h6-13,39-42H,2-5H2,1H3. The van der Waals surface area contributed by atoms with E-state index in [0.29, 0.717) is 23.0 Å². The molecule has 1 fully saturated rings. The number of rotatable bonds is 4. The number of benzene rings is 4. The van der Waals surface area contributed by atoms with E-state index in [0.717, 1.165) is 78.5 Å². The quantitative estimate of drug-likeness (QED) is 0.154. The molecule has 0 aliphatic heterocycles. The van der Waals surface area contributed by atoms with Gasteiger partial charge in [0.2, 0.25) is 0 Å². The Balaban J connectivity index is 1.75. The summed E-state index contributed by atoms with van der Waals surface area (Å²) in [5, 5.41) is 42.6. The molecule has 0 spiro atoms. The molecule has 0 saturated heterocycles. The highest BCUT2D eigenvalue weighted by Gasteiger charge is 2.47. The Kier molecular flexibility index (Phi) is 11.0. The zero-order valence-electron chi connectivity index (χ0n) is 21.9. The van der Waals surface area contributed by atoms with Crippen molar-refractivity contribution < 1.29 is 20.4 Å². The van der Waals surface area contributed by atoms with E-state index in [-0.39, 0.29) is 10.8 Å². The summed E-state index contributed by atoms with van der Waals surface area (Å²) in [7, 11) is 0. The molecule has 0 heterocycles. The Morgan fingerprint density at radius 2 is 0.619 bits per heavy atom. The van der Waals surface area contributed by atoms with E-state index >= 15 is 0 Å². The van der Waals surface area contributed by atoms with Crippen molar-refractivity contribution >= 4 is 158 Å². The normalized spacial score (nSPS) is 16.0. The third-order valence-electron chi connectivity index (χ3n) is 8.47. The highest BCUT2D eigenvalue weighted by molar-refractivity contribution is 14.1. The molecule has 4 aromatic rings. The third kappa shape index (κ3) is 6.25. The Hall–Kier alpha value is 1.19. The number of halogens is 7. The zero-order valence-corrected chi connectivity index (χ0v) is 37.0. The molecule has 4 N–H and O–H groups in total. The molecule has 1 aliphatic rings. The van der Waals surface area contributed by atoms with E-state index in [1.165, 1.54) is 0 Å². The fraction of sp³-hybridized carbons (Fsp3) is 0.226. The van der Waals surface area contributed by atoms with Crippen LogP contribution in [0.15, 0.2) is 48.5 Å². The third-order valence-corrected chi connectivity index (χ3v) is 14.2. The summed E-state index contributed by atoms with van der Waals surface area (Å²) in [5.74, 6) is 1.23. The molecule has 220 valence electrons. The summed E-state index contributed by atoms with van der Waals surface area (Å²) < 4.78 is 5.75. The lowest BCUT2D eigenvalue weighted by Gasteiger charge is -2.48. The van der Waals surface area contributed by atoms with Crippen LogP contribution in [0.25, 0.3) is 0 Å². The Labute approximate surface area is 340 Å². The van der Waals surface area contributed by atoms with Crippen LogP contribution < -0.4 is 0 Å². The number of phenols is 4. The van der Waals surface area contributed by atoms with Crippen molar-refractivity contribution in [2.75, 3.05) is 0 Å². The first-order valence-corrected chi connectivity index (χ1v) is 20.3. The molecule has 0 atom stereocenters. The molecule has 0 unspecified atom stereocenters. The van der Waals surface area contributed by atoms with E-state index in [1.807, 2.05) is 6.92 Å². The fourth-order valence-electron chi connectivity index (χ4n) is 6.13. The van der Waals surface area contributed by atoms with Crippen molar-refractivity contribution in [2.24, 2.45) is 0 Å². The topological polar surface area (TPSA) is 80.9 Å². The first-order chi connectivity index (χ1) is 19.7. The molecular weight excluding hydrogens is 1320 g/mol. The minimum atomic E-state index is -0.346. The van der Waals surface area contributed by atoms with Gasteiger partial charge in [0, 0.05) is 10.8 Å². The van der Waals surface area contributed by atoms with Gasteiger partial charge >= 0.3 is 0 Å². The summed E-state index contributed by atoms with van der Waals surface area (Å²) >= 11 is 15.5. The first kappa shape index (κ1) is 34.5. The van der Waals surface area contributed by atoms with E-state index in [1.54, 1.807) is 0 Å². The lowest BCUT2D eigenvalue weighted by atomic mass is 9.55. The van der Waals surface area contributed by atoms with Gasteiger partial charge in [-0.25, -0.2) is 0 Å². The molecule has 1 saturated carbocycles. The highest BCUT2D eigenvalue weighted by Crippen LogP contribution is 2.56. The SMILES string of the molecule is Cc1cc(C2(c3cc(I)c(O)c(I)c3)CCC(c3cc(I)c(O)c(I)c3)(c3cc(I)c(O)c(I)c3)CC2)cc(I)c1O. The van der Waals surface area contributed by atoms with Gasteiger partial charge in [0.15, 0.2) is 0 Å². The molecule has 0 amide bonds. The van der Waals surface area contributed by atoms with Crippen LogP contribution in [0.1, 0.15) is 53.5 Å². The van der Waals surface area contributed by atoms with Gasteiger partial charge in [-0.05, 0) is 261 Å². The number of phenolic OH excluding ortho intramolecular Hbond substituents is 4. The van der Waals surface area contributed by atoms with Crippen LogP contribution in [0.3, 0.4) is 0 Å². The smallest absolute Gasteiger partial charge is 0.142 e. The molecule has 4 aromatic carbocycles. The minimum Gasteiger partial charge on any atom is -0.507 e. The van der Waals surface area contributed by atoms with Crippen molar-refractivity contribution in [3.8, 4) is 23.0 Å². The van der Waals surface area contributed by atoms with Gasteiger partial charge in [-0.15, -0.1) is 0 Å². The maximum atomic E-state index is 10.7. The van der Waals surface area contributed by atoms with Crippen molar-refractivity contribution in [1.29, 1.82) is 0 Å². The lowest BCUT2D eigenvalue weighted by Crippen LogP contribution is -2.41. The summed E-state index contributed by atoms with van der Waals surface area (Å²) in [5.41, 5.74) is 4.80. The molecule has 0 aromatic heterocycles. The van der Waals surface area contributed by atoms with E-state index in [4.69, 9.17) is 0 Å². The van der Waals surface area contributed by atoms with Gasteiger partial charge < -0.3 is 20.4 Å². The second-order valence-corrected chi connectivity index (χ2v) is 18.8. The number of aromatic hydroxyl groups is 4. The molecule has 11 heteroatoms. The molecule has 1 aliphatic carbocycles. The van der Waals surface area contributed by atoms with E-state index in [9.17, 15) is 20.4 Å². The van der Waals surface area contributed by atoms with Crippen LogP contribution in [-0.4, -0.2) is 20.4 Å². The van der Waals surface area contributed by atoms with E-state index in [2.05, 4.69) is 207 Å². The van der Waals surface area contributed by atoms with Crippen LogP contribution in [-0.2, 0) is 10.8 Å². The Morgan fingerprint density at radius 3 is 0.857 bits per heavy atom. The number of hydrogen-bond donors (Lipinski definition) is 4. The van der Waals surface area contributed by atoms with Gasteiger partial charge in [-0.1, -0.05) is 6.07 Å². The van der Waals surface area contributed by atoms with Gasteiger partial charge in [-0.3, -0.25) is 0 Å². The summed E-state index contributed by atoms with van der Waals surface area (Å²) in [6.07, 6.45) is 3.30. The molecule has 4 nitrogen and oxygen atoms in total. The average Bonchev–Trinajstić information content (AvgIpc) is 2.95. The number of hydrogen-bond acceptors (Lipinski definition) is 4. The average molecular weight is 1350 g/mol. The summed E-state index contributed by atoms with van der Waals surface area (Å²) in [4.78, 5) is 0. The zero-order chi connectivity index (χ0) is 30.7. The van der Waals surface area contributed by atoms with Crippen LogP contribution in [0.2, 0.25) is 0 Å². The predicted molar refractivity (Wildman–Crippen MR) is 226 cm³/mol. The molecule has 0 bridgehead atoms. The Morgan fingerprint density at radius 1 is 0.405 bits per heavy atom. The molecule has 42 heavy (non-hydrogen) atoms. The van der Waals surface area contributed by atoms with Crippen molar-refractivity contribution in [1.82, 2.24) is 0 Å².